The molecule has 5 rings (SSSR count). The second-order valence-corrected chi connectivity index (χ2v) is 9.26. The first kappa shape index (κ1) is 25.4. The summed E-state index contributed by atoms with van der Waals surface area (Å²) in [6.07, 6.45) is 5.12. The number of aromatic nitrogens is 3. The molecule has 9 heteroatoms. The average molecular weight is 513 g/mol. The molecule has 0 spiro atoms. The van der Waals surface area contributed by atoms with Crippen LogP contribution in [0.2, 0.25) is 0 Å². The quantitative estimate of drug-likeness (QED) is 0.316. The third-order valence-electron chi connectivity index (χ3n) is 6.52. The second-order valence-electron chi connectivity index (χ2n) is 9.26. The second kappa shape index (κ2) is 11.5. The highest BCUT2D eigenvalue weighted by Gasteiger charge is 2.14. The summed E-state index contributed by atoms with van der Waals surface area (Å²) in [5.41, 5.74) is 4.60. The van der Waals surface area contributed by atoms with Crippen LogP contribution in [0.5, 0.6) is 5.75 Å². The van der Waals surface area contributed by atoms with E-state index in [1.165, 1.54) is 6.08 Å². The molecule has 1 aliphatic rings. The van der Waals surface area contributed by atoms with Crippen LogP contribution in [0.1, 0.15) is 11.1 Å². The molecule has 2 aromatic carbocycles. The molecule has 4 aromatic rings. The van der Waals surface area contributed by atoms with Gasteiger partial charge in [-0.25, -0.2) is 4.98 Å². The number of carbonyl (C=O) groups excluding carboxylic acids is 1. The van der Waals surface area contributed by atoms with E-state index in [-0.39, 0.29) is 5.91 Å². The smallest absolute Gasteiger partial charge is 0.247 e. The summed E-state index contributed by atoms with van der Waals surface area (Å²) in [6.45, 7) is 12.6. The van der Waals surface area contributed by atoms with Crippen LogP contribution >= 0.6 is 0 Å². The van der Waals surface area contributed by atoms with E-state index in [2.05, 4.69) is 31.7 Å². The fourth-order valence-electron chi connectivity index (χ4n) is 4.46. The lowest BCUT2D eigenvalue weighted by molar-refractivity contribution is -0.111. The number of hydrogen-bond acceptors (Lipinski definition) is 7. The first-order valence-electron chi connectivity index (χ1n) is 12.7. The van der Waals surface area contributed by atoms with Gasteiger partial charge in [-0.3, -0.25) is 9.69 Å². The van der Waals surface area contributed by atoms with Gasteiger partial charge in [0.25, 0.3) is 0 Å². The van der Waals surface area contributed by atoms with E-state index >= 15 is 0 Å². The summed E-state index contributed by atoms with van der Waals surface area (Å²) >= 11 is 0. The van der Waals surface area contributed by atoms with Crippen molar-refractivity contribution >= 4 is 34.1 Å². The highest BCUT2D eigenvalue weighted by molar-refractivity contribution is 6.00. The first-order valence-corrected chi connectivity index (χ1v) is 12.7. The van der Waals surface area contributed by atoms with Gasteiger partial charge in [0.05, 0.1) is 18.7 Å². The fourth-order valence-corrected chi connectivity index (χ4v) is 4.46. The molecule has 196 valence electrons. The van der Waals surface area contributed by atoms with Crippen LogP contribution in [0.25, 0.3) is 16.7 Å². The third-order valence-corrected chi connectivity index (χ3v) is 6.52. The molecule has 0 bridgehead atoms. The minimum absolute atomic E-state index is 0.239. The Morgan fingerprint density at radius 1 is 1.11 bits per heavy atom. The summed E-state index contributed by atoms with van der Waals surface area (Å²) in [5.74, 6) is 1.87. The lowest BCUT2D eigenvalue weighted by Gasteiger charge is -2.26. The highest BCUT2D eigenvalue weighted by Crippen LogP contribution is 2.28. The molecule has 1 fully saturated rings. The van der Waals surface area contributed by atoms with Crippen LogP contribution in [0, 0.1) is 13.8 Å². The fraction of sp³-hybridized carbons (Fsp3) is 0.276. The Balaban J connectivity index is 1.29. The average Bonchev–Trinajstić information content (AvgIpc) is 3.26. The Morgan fingerprint density at radius 2 is 1.87 bits per heavy atom. The molecular weight excluding hydrogens is 480 g/mol. The number of hydrogen-bond donors (Lipinski definition) is 2. The van der Waals surface area contributed by atoms with Crippen molar-refractivity contribution in [1.29, 1.82) is 0 Å². The molecule has 2 aromatic heterocycles. The van der Waals surface area contributed by atoms with Gasteiger partial charge in [-0.1, -0.05) is 6.58 Å². The van der Waals surface area contributed by atoms with Crippen LogP contribution in [-0.2, 0) is 9.53 Å². The maximum atomic E-state index is 11.7. The van der Waals surface area contributed by atoms with E-state index < -0.39 is 0 Å². The van der Waals surface area contributed by atoms with Crippen molar-refractivity contribution in [2.45, 2.75) is 13.8 Å². The van der Waals surface area contributed by atoms with Gasteiger partial charge >= 0.3 is 0 Å². The number of anilines is 3. The predicted octanol–water partition coefficient (Wildman–Crippen LogP) is 4.62. The van der Waals surface area contributed by atoms with Crippen LogP contribution in [-0.4, -0.2) is 64.8 Å². The molecule has 0 radical (unpaired) electrons. The topological polar surface area (TPSA) is 93.5 Å². The van der Waals surface area contributed by atoms with Crippen molar-refractivity contribution in [2.24, 2.45) is 0 Å². The maximum Gasteiger partial charge on any atom is 0.247 e. The molecule has 1 aliphatic heterocycles. The van der Waals surface area contributed by atoms with E-state index in [0.717, 1.165) is 77.8 Å². The molecule has 1 amide bonds. The van der Waals surface area contributed by atoms with E-state index in [1.807, 2.05) is 68.7 Å². The minimum atomic E-state index is -0.239. The first-order chi connectivity index (χ1) is 18.5. The molecule has 0 aliphatic carbocycles. The molecule has 9 nitrogen and oxygen atoms in total. The van der Waals surface area contributed by atoms with E-state index in [9.17, 15) is 4.79 Å². The van der Waals surface area contributed by atoms with Crippen LogP contribution in [0.4, 0.5) is 17.3 Å². The van der Waals surface area contributed by atoms with Gasteiger partial charge in [-0.05, 0) is 68.0 Å². The van der Waals surface area contributed by atoms with Crippen molar-refractivity contribution in [3.8, 4) is 11.6 Å². The molecule has 0 atom stereocenters. The Kier molecular flexibility index (Phi) is 7.67. The zero-order valence-corrected chi connectivity index (χ0v) is 21.7. The van der Waals surface area contributed by atoms with E-state index in [0.29, 0.717) is 12.6 Å². The largest absolute Gasteiger partial charge is 0.492 e. The predicted molar refractivity (Wildman–Crippen MR) is 150 cm³/mol. The molecule has 0 saturated carbocycles. The van der Waals surface area contributed by atoms with Crippen molar-refractivity contribution in [2.75, 3.05) is 50.1 Å². The summed E-state index contributed by atoms with van der Waals surface area (Å²) in [4.78, 5) is 23.4. The normalized spacial score (nSPS) is 13.8. The van der Waals surface area contributed by atoms with Gasteiger partial charge in [0.2, 0.25) is 11.9 Å². The van der Waals surface area contributed by atoms with E-state index in [4.69, 9.17) is 14.5 Å². The SMILES string of the molecule is C=CC(=O)Nc1ccc2c(c1)c(C)cn2-c1nc(Nc2ccc(OCCN3CCOCC3)cc2)ncc1C. The summed E-state index contributed by atoms with van der Waals surface area (Å²) in [6, 6.07) is 13.6. The lowest BCUT2D eigenvalue weighted by Crippen LogP contribution is -2.38. The zero-order chi connectivity index (χ0) is 26.5. The van der Waals surface area contributed by atoms with Crippen LogP contribution in [0.3, 0.4) is 0 Å². The summed E-state index contributed by atoms with van der Waals surface area (Å²) in [5, 5.41) is 7.15. The number of fused-ring (bicyclic) bond motifs is 1. The molecule has 0 unspecified atom stereocenters. The Labute approximate surface area is 222 Å². The summed E-state index contributed by atoms with van der Waals surface area (Å²) < 4.78 is 13.4. The van der Waals surface area contributed by atoms with Gasteiger partial charge in [0.1, 0.15) is 18.2 Å². The standard InChI is InChI=1S/C29H32N6O3/c1-4-27(36)31-23-7-10-26-25(17-23)21(3)19-35(26)28-20(2)18-30-29(33-28)32-22-5-8-24(9-6-22)38-16-13-34-11-14-37-15-12-34/h4-10,17-19H,1,11-16H2,2-3H3,(H,31,36)(H,30,32,33). The van der Waals surface area contributed by atoms with E-state index in [1.54, 1.807) is 0 Å². The lowest BCUT2D eigenvalue weighted by atomic mass is 10.1. The molecule has 38 heavy (non-hydrogen) atoms. The molecule has 2 N–H and O–H groups in total. The molecule has 1 saturated heterocycles. The minimum Gasteiger partial charge on any atom is -0.492 e. The number of morpholine rings is 1. The van der Waals surface area contributed by atoms with Gasteiger partial charge in [0.15, 0.2) is 0 Å². The Hall–Kier alpha value is -4.21. The number of carbonyl (C=O) groups is 1. The summed E-state index contributed by atoms with van der Waals surface area (Å²) in [7, 11) is 0. The molecular formula is C29H32N6O3. The number of rotatable bonds is 9. The Morgan fingerprint density at radius 3 is 2.63 bits per heavy atom. The van der Waals surface area contributed by atoms with Crippen LogP contribution < -0.4 is 15.4 Å². The van der Waals surface area contributed by atoms with Gasteiger partial charge < -0.3 is 24.7 Å². The maximum absolute atomic E-state index is 11.7. The monoisotopic (exact) mass is 512 g/mol. The van der Waals surface area contributed by atoms with Crippen molar-refractivity contribution in [1.82, 2.24) is 19.4 Å². The third kappa shape index (κ3) is 5.85. The van der Waals surface area contributed by atoms with Gasteiger partial charge in [-0.15, -0.1) is 0 Å². The number of aryl methyl sites for hydroxylation is 2. The van der Waals surface area contributed by atoms with Gasteiger partial charge in [0, 0.05) is 54.4 Å². The highest BCUT2D eigenvalue weighted by atomic mass is 16.5. The van der Waals surface area contributed by atoms with Crippen molar-refractivity contribution < 1.29 is 14.3 Å². The number of ether oxygens (including phenoxy) is 2. The number of nitrogens with zero attached hydrogens (tertiary/aromatic N) is 4. The Bertz CT molecular complexity index is 1440. The number of nitrogens with one attached hydrogen (secondary N) is 2. The number of amides is 1. The van der Waals surface area contributed by atoms with Crippen LogP contribution in [0.15, 0.2) is 67.5 Å². The van der Waals surface area contributed by atoms with Gasteiger partial charge in [-0.2, -0.15) is 4.98 Å². The zero-order valence-electron chi connectivity index (χ0n) is 21.7. The number of benzene rings is 2. The van der Waals surface area contributed by atoms with Crippen molar-refractivity contribution in [3.05, 3.63) is 78.6 Å². The van der Waals surface area contributed by atoms with Crippen molar-refractivity contribution in [3.63, 3.8) is 0 Å². The molecule has 3 heterocycles.